The van der Waals surface area contributed by atoms with E-state index in [9.17, 15) is 0 Å². The lowest BCUT2D eigenvalue weighted by Gasteiger charge is -2.42. The van der Waals surface area contributed by atoms with Crippen molar-refractivity contribution in [2.45, 2.75) is 57.4 Å². The molecule has 20 heavy (non-hydrogen) atoms. The molecule has 114 valence electrons. The molecule has 3 heteroatoms. The molecular formula is C17H30ClNSi. The van der Waals surface area contributed by atoms with E-state index in [1.54, 1.807) is 0 Å². The molecule has 0 aliphatic carbocycles. The van der Waals surface area contributed by atoms with Crippen molar-refractivity contribution < 1.29 is 0 Å². The van der Waals surface area contributed by atoms with Gasteiger partial charge in [-0.3, -0.25) is 0 Å². The predicted molar refractivity (Wildman–Crippen MR) is 94.4 cm³/mol. The van der Waals surface area contributed by atoms with Gasteiger partial charge in [-0.2, -0.15) is 0 Å². The van der Waals surface area contributed by atoms with Gasteiger partial charge in [0.1, 0.15) is 0 Å². The first-order valence-corrected chi connectivity index (χ1v) is 11.2. The smallest absolute Gasteiger partial charge is 0.0711 e. The van der Waals surface area contributed by atoms with Crippen molar-refractivity contribution in [1.82, 2.24) is 4.90 Å². The van der Waals surface area contributed by atoms with Gasteiger partial charge < -0.3 is 4.90 Å². The van der Waals surface area contributed by atoms with Gasteiger partial charge in [0, 0.05) is 5.67 Å². The highest BCUT2D eigenvalue weighted by molar-refractivity contribution is 6.78. The van der Waals surface area contributed by atoms with Crippen molar-refractivity contribution in [3.05, 3.63) is 35.9 Å². The minimum absolute atomic E-state index is 0. The van der Waals surface area contributed by atoms with Crippen LogP contribution in [0.3, 0.4) is 0 Å². The quantitative estimate of drug-likeness (QED) is 0.712. The number of nitrogens with zero attached hydrogens (tertiary/aromatic N) is 1. The molecule has 1 nitrogen and oxygen atoms in total. The Hall–Kier alpha value is -0.313. The third-order valence-electron chi connectivity index (χ3n) is 4.62. The van der Waals surface area contributed by atoms with Crippen LogP contribution in [0.25, 0.3) is 0 Å². The molecule has 1 heterocycles. The number of piperidine rings is 1. The average Bonchev–Trinajstić information content (AvgIpc) is 2.41. The van der Waals surface area contributed by atoms with E-state index < -0.39 is 8.07 Å². The Morgan fingerprint density at radius 1 is 1.05 bits per heavy atom. The van der Waals surface area contributed by atoms with Crippen LogP contribution in [0.2, 0.25) is 13.1 Å². The second-order valence-corrected chi connectivity index (χ2v) is 11.7. The summed E-state index contributed by atoms with van der Waals surface area (Å²) in [5.74, 6) is 0. The molecule has 0 bridgehead atoms. The lowest BCUT2D eigenvalue weighted by atomic mass is 10.1. The molecule has 0 radical (unpaired) electrons. The lowest BCUT2D eigenvalue weighted by Crippen LogP contribution is -2.55. The molecule has 0 aromatic heterocycles. The fourth-order valence-corrected chi connectivity index (χ4v) is 7.65. The maximum atomic E-state index is 2.80. The maximum Gasteiger partial charge on any atom is 0.0711 e. The largest absolute Gasteiger partial charge is 0.303 e. The van der Waals surface area contributed by atoms with Crippen LogP contribution in [0.4, 0.5) is 0 Å². The first-order chi connectivity index (χ1) is 9.13. The lowest BCUT2D eigenvalue weighted by molar-refractivity contribution is 0.198. The summed E-state index contributed by atoms with van der Waals surface area (Å²) in [4.78, 5) is 2.80. The highest BCUT2D eigenvalue weighted by Gasteiger charge is 2.35. The molecule has 1 unspecified atom stereocenters. The monoisotopic (exact) mass is 311 g/mol. The Bertz CT molecular complexity index is 374. The third kappa shape index (κ3) is 4.61. The number of rotatable bonds is 5. The summed E-state index contributed by atoms with van der Waals surface area (Å²) in [7, 11) is -1.24. The average molecular weight is 312 g/mol. The predicted octanol–water partition coefficient (Wildman–Crippen LogP) is 4.70. The van der Waals surface area contributed by atoms with E-state index in [1.807, 2.05) is 0 Å². The van der Waals surface area contributed by atoms with E-state index in [2.05, 4.69) is 55.2 Å². The Morgan fingerprint density at radius 2 is 1.65 bits per heavy atom. The van der Waals surface area contributed by atoms with Gasteiger partial charge in [0.2, 0.25) is 0 Å². The fraction of sp³-hybridized carbons (Fsp3) is 0.647. The Kier molecular flexibility index (Phi) is 7.28. The number of hydrogen-bond acceptors (Lipinski definition) is 1. The Morgan fingerprint density at radius 3 is 2.20 bits per heavy atom. The molecule has 2 rings (SSSR count). The molecule has 0 saturated carbocycles. The van der Waals surface area contributed by atoms with E-state index in [1.165, 1.54) is 50.4 Å². The first-order valence-electron chi connectivity index (χ1n) is 7.91. The molecule has 1 fully saturated rings. The summed E-state index contributed by atoms with van der Waals surface area (Å²) in [6, 6.07) is 12.4. The number of hydrogen-bond donors (Lipinski definition) is 0. The van der Waals surface area contributed by atoms with Gasteiger partial charge in [0.25, 0.3) is 0 Å². The van der Waals surface area contributed by atoms with Crippen molar-refractivity contribution in [2.75, 3.05) is 13.1 Å². The summed E-state index contributed by atoms with van der Waals surface area (Å²) in [6.07, 6.45) is 5.58. The molecule has 1 aromatic carbocycles. The first kappa shape index (κ1) is 17.7. The highest BCUT2D eigenvalue weighted by atomic mass is 35.5. The molecule has 0 N–H and O–H groups in total. The molecule has 1 atom stereocenters. The molecule has 1 aliphatic heterocycles. The van der Waals surface area contributed by atoms with E-state index in [0.29, 0.717) is 0 Å². The maximum absolute atomic E-state index is 2.80. The molecule has 0 amide bonds. The van der Waals surface area contributed by atoms with Crippen molar-refractivity contribution in [1.29, 1.82) is 0 Å². The van der Waals surface area contributed by atoms with Crippen LogP contribution >= 0.6 is 12.4 Å². The molecule has 1 saturated heterocycles. The third-order valence-corrected chi connectivity index (χ3v) is 8.52. The van der Waals surface area contributed by atoms with Crippen molar-refractivity contribution in [2.24, 2.45) is 0 Å². The molecule has 0 spiro atoms. The van der Waals surface area contributed by atoms with Crippen LogP contribution in [0.1, 0.15) is 38.2 Å². The van der Waals surface area contributed by atoms with E-state index in [-0.39, 0.29) is 12.4 Å². The van der Waals surface area contributed by atoms with Gasteiger partial charge in [-0.1, -0.05) is 62.3 Å². The van der Waals surface area contributed by atoms with E-state index in [0.717, 1.165) is 5.67 Å². The zero-order chi connectivity index (χ0) is 13.7. The summed E-state index contributed by atoms with van der Waals surface area (Å²) in [5.41, 5.74) is 2.39. The van der Waals surface area contributed by atoms with Crippen LogP contribution < -0.4 is 0 Å². The highest BCUT2D eigenvalue weighted by Crippen LogP contribution is 2.25. The zero-order valence-corrected chi connectivity index (χ0v) is 15.1. The zero-order valence-electron chi connectivity index (χ0n) is 13.3. The molecule has 1 aliphatic rings. The molecule has 1 aromatic rings. The van der Waals surface area contributed by atoms with Gasteiger partial charge in [-0.25, -0.2) is 0 Å². The summed E-state index contributed by atoms with van der Waals surface area (Å²) in [5, 5.41) is 0. The summed E-state index contributed by atoms with van der Waals surface area (Å²) >= 11 is 0. The van der Waals surface area contributed by atoms with Crippen LogP contribution in [-0.4, -0.2) is 31.7 Å². The summed E-state index contributed by atoms with van der Waals surface area (Å²) in [6.45, 7) is 10.2. The van der Waals surface area contributed by atoms with Crippen LogP contribution in [-0.2, 0) is 6.04 Å². The van der Waals surface area contributed by atoms with Crippen molar-refractivity contribution >= 4 is 20.5 Å². The second-order valence-electron chi connectivity index (χ2n) is 6.67. The fourth-order valence-electron chi connectivity index (χ4n) is 3.77. The van der Waals surface area contributed by atoms with Crippen LogP contribution in [0, 0.1) is 0 Å². The molecular weight excluding hydrogens is 282 g/mol. The number of halogens is 1. The minimum Gasteiger partial charge on any atom is -0.303 e. The van der Waals surface area contributed by atoms with Crippen LogP contribution in [0.5, 0.6) is 0 Å². The minimum atomic E-state index is -1.24. The standard InChI is InChI=1S/C17H29NSi.ClH/c1-4-17(18-13-9-6-10-14-18)19(2,3)15-16-11-7-5-8-12-16;/h5,7-8,11-12,17H,4,6,9-10,13-15H2,1-3H3;1H. The van der Waals surface area contributed by atoms with Crippen LogP contribution in [0.15, 0.2) is 30.3 Å². The Labute approximate surface area is 132 Å². The van der Waals surface area contributed by atoms with Gasteiger partial charge in [-0.15, -0.1) is 12.4 Å². The van der Waals surface area contributed by atoms with Gasteiger partial charge in [0.05, 0.1) is 8.07 Å². The van der Waals surface area contributed by atoms with E-state index in [4.69, 9.17) is 0 Å². The van der Waals surface area contributed by atoms with E-state index >= 15 is 0 Å². The van der Waals surface area contributed by atoms with Crippen molar-refractivity contribution in [3.8, 4) is 0 Å². The van der Waals surface area contributed by atoms with Gasteiger partial charge in [0.15, 0.2) is 0 Å². The Balaban J connectivity index is 0.00000200. The van der Waals surface area contributed by atoms with Gasteiger partial charge in [-0.05, 0) is 38.4 Å². The topological polar surface area (TPSA) is 3.24 Å². The van der Waals surface area contributed by atoms with Gasteiger partial charge >= 0.3 is 0 Å². The number of likely N-dealkylation sites (tertiary alicyclic amines) is 1. The van der Waals surface area contributed by atoms with Crippen molar-refractivity contribution in [3.63, 3.8) is 0 Å². The normalized spacial score (nSPS) is 18.4. The second kappa shape index (κ2) is 8.21. The number of benzene rings is 1. The SMILES string of the molecule is CCC(N1CCCCC1)[Si](C)(C)Cc1ccccc1.Cl. The summed E-state index contributed by atoms with van der Waals surface area (Å²) < 4.78 is 0.